The molecule has 0 radical (unpaired) electrons. The van der Waals surface area contributed by atoms with Gasteiger partial charge in [0.2, 0.25) is 0 Å². The van der Waals surface area contributed by atoms with Crippen molar-refractivity contribution in [1.82, 2.24) is 4.57 Å². The Kier molecular flexibility index (Phi) is 2.77. The van der Waals surface area contributed by atoms with Crippen LogP contribution >= 0.6 is 0 Å². The third-order valence-corrected chi connectivity index (χ3v) is 3.28. The van der Waals surface area contributed by atoms with Gasteiger partial charge < -0.3 is 10.3 Å². The Morgan fingerprint density at radius 2 is 1.78 bits per heavy atom. The summed E-state index contributed by atoms with van der Waals surface area (Å²) in [5, 5.41) is 1.25. The summed E-state index contributed by atoms with van der Waals surface area (Å²) < 4.78 is 2.26. The van der Waals surface area contributed by atoms with E-state index in [1.807, 2.05) is 12.1 Å². The Morgan fingerprint density at radius 1 is 0.944 bits per heavy atom. The van der Waals surface area contributed by atoms with Gasteiger partial charge in [-0.05, 0) is 35.6 Å². The summed E-state index contributed by atoms with van der Waals surface area (Å²) in [7, 11) is 0. The number of nitrogens with two attached hydrogens (primary N) is 1. The average Bonchev–Trinajstić information content (AvgIpc) is 2.80. The topological polar surface area (TPSA) is 30.9 Å². The molecule has 0 amide bonds. The molecule has 2 heteroatoms. The van der Waals surface area contributed by atoms with Crippen molar-refractivity contribution < 1.29 is 0 Å². The maximum absolute atomic E-state index is 5.85. The number of nitrogen functional groups attached to an aromatic ring is 1. The van der Waals surface area contributed by atoms with E-state index in [4.69, 9.17) is 5.73 Å². The lowest BCUT2D eigenvalue weighted by Gasteiger charge is -2.06. The van der Waals surface area contributed by atoms with Crippen molar-refractivity contribution in [3.05, 3.63) is 66.4 Å². The number of hydrogen-bond acceptors (Lipinski definition) is 1. The number of nitrogens with zero attached hydrogens (tertiary/aromatic N) is 1. The van der Waals surface area contributed by atoms with Crippen LogP contribution in [0.1, 0.15) is 5.56 Å². The lowest BCUT2D eigenvalue weighted by atomic mass is 10.1. The van der Waals surface area contributed by atoms with E-state index in [9.17, 15) is 0 Å². The van der Waals surface area contributed by atoms with Gasteiger partial charge >= 0.3 is 0 Å². The molecule has 3 rings (SSSR count). The van der Waals surface area contributed by atoms with Crippen molar-refractivity contribution in [2.24, 2.45) is 0 Å². The maximum Gasteiger partial charge on any atom is 0.0501 e. The lowest BCUT2D eigenvalue weighted by molar-refractivity contribution is 0.723. The van der Waals surface area contributed by atoms with E-state index in [0.29, 0.717) is 0 Å². The summed E-state index contributed by atoms with van der Waals surface area (Å²) >= 11 is 0. The van der Waals surface area contributed by atoms with Crippen molar-refractivity contribution in [2.75, 3.05) is 5.73 Å². The Bertz CT molecular complexity index is 653. The van der Waals surface area contributed by atoms with Gasteiger partial charge in [-0.2, -0.15) is 0 Å². The van der Waals surface area contributed by atoms with Crippen molar-refractivity contribution in [3.63, 3.8) is 0 Å². The van der Waals surface area contributed by atoms with E-state index in [1.165, 1.54) is 16.5 Å². The maximum atomic E-state index is 5.85. The Hall–Kier alpha value is -2.22. The minimum absolute atomic E-state index is 0.821. The molecule has 0 saturated carbocycles. The van der Waals surface area contributed by atoms with E-state index in [0.717, 1.165) is 18.7 Å². The molecular formula is C16H16N2. The zero-order valence-corrected chi connectivity index (χ0v) is 10.2. The fraction of sp³-hybridized carbons (Fsp3) is 0.125. The number of hydrogen-bond donors (Lipinski definition) is 1. The predicted octanol–water partition coefficient (Wildman–Crippen LogP) is 3.47. The Balaban J connectivity index is 1.85. The van der Waals surface area contributed by atoms with Crippen LogP contribution in [0.25, 0.3) is 10.9 Å². The predicted molar refractivity (Wildman–Crippen MR) is 76.5 cm³/mol. The molecule has 18 heavy (non-hydrogen) atoms. The van der Waals surface area contributed by atoms with Gasteiger partial charge in [-0.25, -0.2) is 0 Å². The van der Waals surface area contributed by atoms with Crippen LogP contribution in [0.2, 0.25) is 0 Å². The molecule has 90 valence electrons. The van der Waals surface area contributed by atoms with Gasteiger partial charge in [0.05, 0.1) is 5.52 Å². The molecule has 1 aromatic heterocycles. The highest BCUT2D eigenvalue weighted by Gasteiger charge is 2.01. The molecule has 0 atom stereocenters. The summed E-state index contributed by atoms with van der Waals surface area (Å²) in [4.78, 5) is 0. The highest BCUT2D eigenvalue weighted by Crippen LogP contribution is 2.19. The number of anilines is 1. The molecule has 0 unspecified atom stereocenters. The first-order valence-electron chi connectivity index (χ1n) is 6.21. The van der Waals surface area contributed by atoms with Crippen LogP contribution in [-0.4, -0.2) is 4.57 Å². The summed E-state index contributed by atoms with van der Waals surface area (Å²) in [5.41, 5.74) is 9.25. The van der Waals surface area contributed by atoms with E-state index in [-0.39, 0.29) is 0 Å². The number of aryl methyl sites for hydroxylation is 2. The van der Waals surface area contributed by atoms with Gasteiger partial charge in [-0.3, -0.25) is 0 Å². The zero-order valence-electron chi connectivity index (χ0n) is 10.2. The number of fused-ring (bicyclic) bond motifs is 1. The molecular weight excluding hydrogens is 220 g/mol. The molecule has 0 saturated heterocycles. The summed E-state index contributed by atoms with van der Waals surface area (Å²) in [5.74, 6) is 0. The standard InChI is InChI=1S/C16H16N2/c17-15-7-6-14-9-11-18(16(14)12-15)10-8-13-4-2-1-3-5-13/h1-7,9,11-12H,8,10,17H2. The van der Waals surface area contributed by atoms with Gasteiger partial charge in [0.25, 0.3) is 0 Å². The van der Waals surface area contributed by atoms with Crippen LogP contribution in [0.3, 0.4) is 0 Å². The van der Waals surface area contributed by atoms with E-state index in [1.54, 1.807) is 0 Å². The first kappa shape index (κ1) is 10.9. The van der Waals surface area contributed by atoms with E-state index >= 15 is 0 Å². The highest BCUT2D eigenvalue weighted by atomic mass is 14.9. The summed E-state index contributed by atoms with van der Waals surface area (Å²) in [6, 6.07) is 18.8. The van der Waals surface area contributed by atoms with Crippen molar-refractivity contribution >= 4 is 16.6 Å². The van der Waals surface area contributed by atoms with Crippen LogP contribution in [-0.2, 0) is 13.0 Å². The first-order valence-corrected chi connectivity index (χ1v) is 6.21. The third-order valence-electron chi connectivity index (χ3n) is 3.28. The Morgan fingerprint density at radius 3 is 2.61 bits per heavy atom. The van der Waals surface area contributed by atoms with Crippen LogP contribution in [0.5, 0.6) is 0 Å². The van der Waals surface area contributed by atoms with Gasteiger partial charge in [0.1, 0.15) is 0 Å². The monoisotopic (exact) mass is 236 g/mol. The fourth-order valence-corrected chi connectivity index (χ4v) is 2.29. The SMILES string of the molecule is Nc1ccc2ccn(CCc3ccccc3)c2c1. The number of rotatable bonds is 3. The van der Waals surface area contributed by atoms with Gasteiger partial charge in [0, 0.05) is 18.4 Å². The van der Waals surface area contributed by atoms with Gasteiger partial charge in [0.15, 0.2) is 0 Å². The minimum Gasteiger partial charge on any atom is -0.399 e. The third kappa shape index (κ3) is 2.09. The number of aromatic nitrogens is 1. The van der Waals surface area contributed by atoms with E-state index in [2.05, 4.69) is 53.2 Å². The summed E-state index contributed by atoms with van der Waals surface area (Å²) in [6.45, 7) is 0.983. The average molecular weight is 236 g/mol. The second-order valence-electron chi connectivity index (χ2n) is 4.56. The molecule has 0 aliphatic heterocycles. The molecule has 2 aromatic carbocycles. The molecule has 0 bridgehead atoms. The fourth-order valence-electron chi connectivity index (χ4n) is 2.29. The molecule has 0 fully saturated rings. The molecule has 2 nitrogen and oxygen atoms in total. The van der Waals surface area contributed by atoms with Crippen molar-refractivity contribution in [3.8, 4) is 0 Å². The first-order chi connectivity index (χ1) is 8.83. The van der Waals surface area contributed by atoms with Crippen LogP contribution < -0.4 is 5.73 Å². The van der Waals surface area contributed by atoms with Gasteiger partial charge in [-0.1, -0.05) is 36.4 Å². The molecule has 0 aliphatic rings. The zero-order chi connectivity index (χ0) is 12.4. The smallest absolute Gasteiger partial charge is 0.0501 e. The van der Waals surface area contributed by atoms with Crippen LogP contribution in [0.4, 0.5) is 5.69 Å². The number of benzene rings is 2. The van der Waals surface area contributed by atoms with Crippen molar-refractivity contribution in [2.45, 2.75) is 13.0 Å². The largest absolute Gasteiger partial charge is 0.399 e. The summed E-state index contributed by atoms with van der Waals surface area (Å²) in [6.07, 6.45) is 3.17. The van der Waals surface area contributed by atoms with E-state index < -0.39 is 0 Å². The molecule has 0 aliphatic carbocycles. The lowest BCUT2D eigenvalue weighted by Crippen LogP contribution is -1.99. The van der Waals surface area contributed by atoms with Crippen LogP contribution in [0, 0.1) is 0 Å². The quantitative estimate of drug-likeness (QED) is 0.694. The molecule has 2 N–H and O–H groups in total. The normalized spacial score (nSPS) is 10.9. The minimum atomic E-state index is 0.821. The second kappa shape index (κ2) is 4.57. The van der Waals surface area contributed by atoms with Crippen LogP contribution in [0.15, 0.2) is 60.8 Å². The van der Waals surface area contributed by atoms with Gasteiger partial charge in [-0.15, -0.1) is 0 Å². The molecule has 3 aromatic rings. The Labute approximate surface area is 107 Å². The highest BCUT2D eigenvalue weighted by molar-refractivity contribution is 5.83. The second-order valence-corrected chi connectivity index (χ2v) is 4.56. The molecule has 1 heterocycles. The molecule has 0 spiro atoms. The van der Waals surface area contributed by atoms with Crippen molar-refractivity contribution in [1.29, 1.82) is 0 Å².